The average molecular weight is 241 g/mol. The van der Waals surface area contributed by atoms with Gasteiger partial charge in [0.25, 0.3) is 0 Å². The van der Waals surface area contributed by atoms with Gasteiger partial charge >= 0.3 is 0 Å². The summed E-state index contributed by atoms with van der Waals surface area (Å²) >= 11 is 0. The first-order chi connectivity index (χ1) is 8.62. The molecule has 92 valence electrons. The third-order valence-corrected chi connectivity index (χ3v) is 3.43. The number of hydrogen-bond donors (Lipinski definition) is 2. The second kappa shape index (κ2) is 3.80. The van der Waals surface area contributed by atoms with E-state index in [1.165, 1.54) is 0 Å². The predicted octanol–water partition coefficient (Wildman–Crippen LogP) is 1.27. The Morgan fingerprint density at radius 1 is 1.33 bits per heavy atom. The van der Waals surface area contributed by atoms with Crippen LogP contribution >= 0.6 is 0 Å². The van der Waals surface area contributed by atoms with Crippen LogP contribution in [0.5, 0.6) is 5.75 Å². The van der Waals surface area contributed by atoms with Crippen LogP contribution in [-0.2, 0) is 5.54 Å². The molecule has 1 aliphatic heterocycles. The molecule has 2 heterocycles. The Bertz CT molecular complexity index is 599. The van der Waals surface area contributed by atoms with E-state index in [2.05, 4.69) is 4.98 Å². The fourth-order valence-corrected chi connectivity index (χ4v) is 2.42. The number of ether oxygens (including phenoxy) is 1. The number of benzene rings is 1. The summed E-state index contributed by atoms with van der Waals surface area (Å²) in [6.07, 6.45) is 2.76. The Hall–Kier alpha value is -1.91. The molecule has 2 aromatic rings. The number of nitrogens with zero attached hydrogens (tertiary/aromatic N) is 1. The fraction of sp³-hybridized carbons (Fsp3) is 0.214. The maximum absolute atomic E-state index is 6.53. The lowest BCUT2D eigenvalue weighted by Crippen LogP contribution is -2.52. The van der Waals surface area contributed by atoms with Gasteiger partial charge in [-0.2, -0.15) is 0 Å². The fourth-order valence-electron chi connectivity index (χ4n) is 2.42. The molecule has 0 radical (unpaired) electrons. The standard InChI is InChI=1S/C14H15N3O/c1-9-3-2-4-10(7-9)14(16)11-5-6-17-8-12(11)18-13(14)15/h2-8,13H,15-16H2,1H3. The molecule has 0 fully saturated rings. The first-order valence-electron chi connectivity index (χ1n) is 5.85. The Balaban J connectivity index is 2.20. The maximum atomic E-state index is 6.53. The summed E-state index contributed by atoms with van der Waals surface area (Å²) < 4.78 is 5.61. The van der Waals surface area contributed by atoms with Gasteiger partial charge in [0.1, 0.15) is 11.3 Å². The van der Waals surface area contributed by atoms with Crippen LogP contribution in [0.2, 0.25) is 0 Å². The zero-order chi connectivity index (χ0) is 12.8. The number of rotatable bonds is 1. The highest BCUT2D eigenvalue weighted by Gasteiger charge is 2.45. The van der Waals surface area contributed by atoms with E-state index in [0.29, 0.717) is 5.75 Å². The number of fused-ring (bicyclic) bond motifs is 1. The summed E-state index contributed by atoms with van der Waals surface area (Å²) in [6.45, 7) is 2.03. The quantitative estimate of drug-likeness (QED) is 0.788. The molecule has 1 aromatic carbocycles. The van der Waals surface area contributed by atoms with Crippen LogP contribution in [0.25, 0.3) is 0 Å². The summed E-state index contributed by atoms with van der Waals surface area (Å²) in [5.74, 6) is 0.661. The molecule has 0 saturated carbocycles. The number of aryl methyl sites for hydroxylation is 1. The van der Waals surface area contributed by atoms with E-state index in [-0.39, 0.29) is 0 Å². The van der Waals surface area contributed by atoms with Crippen molar-refractivity contribution < 1.29 is 4.74 Å². The highest BCUT2D eigenvalue weighted by molar-refractivity contribution is 5.50. The summed E-state index contributed by atoms with van der Waals surface area (Å²) in [5, 5.41) is 0. The van der Waals surface area contributed by atoms with Crippen LogP contribution in [0.15, 0.2) is 42.7 Å². The van der Waals surface area contributed by atoms with E-state index in [1.807, 2.05) is 37.3 Å². The van der Waals surface area contributed by atoms with Gasteiger partial charge in [-0.15, -0.1) is 0 Å². The minimum Gasteiger partial charge on any atom is -0.471 e. The van der Waals surface area contributed by atoms with Crippen LogP contribution in [0.1, 0.15) is 16.7 Å². The summed E-state index contributed by atoms with van der Waals surface area (Å²) in [5.41, 5.74) is 14.8. The maximum Gasteiger partial charge on any atom is 0.174 e. The van der Waals surface area contributed by atoms with Gasteiger partial charge in [0.15, 0.2) is 6.23 Å². The molecule has 0 spiro atoms. The third-order valence-electron chi connectivity index (χ3n) is 3.43. The second-order valence-corrected chi connectivity index (χ2v) is 4.65. The Kier molecular flexibility index (Phi) is 2.36. The van der Waals surface area contributed by atoms with Crippen molar-refractivity contribution in [3.8, 4) is 5.75 Å². The highest BCUT2D eigenvalue weighted by atomic mass is 16.5. The lowest BCUT2D eigenvalue weighted by Gasteiger charge is -2.28. The lowest BCUT2D eigenvalue weighted by atomic mass is 9.83. The van der Waals surface area contributed by atoms with Crippen LogP contribution < -0.4 is 16.2 Å². The minimum absolute atomic E-state index is 0.599. The van der Waals surface area contributed by atoms with Crippen molar-refractivity contribution in [2.24, 2.45) is 11.5 Å². The van der Waals surface area contributed by atoms with Crippen molar-refractivity contribution in [3.05, 3.63) is 59.4 Å². The molecule has 1 aliphatic rings. The monoisotopic (exact) mass is 241 g/mol. The molecule has 0 bridgehead atoms. The van der Waals surface area contributed by atoms with Crippen molar-refractivity contribution in [3.63, 3.8) is 0 Å². The topological polar surface area (TPSA) is 74.2 Å². The van der Waals surface area contributed by atoms with Crippen molar-refractivity contribution in [2.75, 3.05) is 0 Å². The molecular weight excluding hydrogens is 226 g/mol. The average Bonchev–Trinajstić information content (AvgIpc) is 2.63. The van der Waals surface area contributed by atoms with E-state index < -0.39 is 11.8 Å². The van der Waals surface area contributed by atoms with Gasteiger partial charge in [-0.3, -0.25) is 10.7 Å². The number of pyridine rings is 1. The first-order valence-corrected chi connectivity index (χ1v) is 5.85. The summed E-state index contributed by atoms with van der Waals surface area (Å²) in [4.78, 5) is 4.03. The molecule has 2 unspecified atom stereocenters. The minimum atomic E-state index is -0.815. The highest BCUT2D eigenvalue weighted by Crippen LogP contribution is 2.41. The Morgan fingerprint density at radius 3 is 2.94 bits per heavy atom. The van der Waals surface area contributed by atoms with Crippen molar-refractivity contribution in [1.29, 1.82) is 0 Å². The Labute approximate surface area is 106 Å². The molecule has 3 rings (SSSR count). The van der Waals surface area contributed by atoms with Crippen LogP contribution in [0.3, 0.4) is 0 Å². The van der Waals surface area contributed by atoms with Crippen LogP contribution in [0.4, 0.5) is 0 Å². The largest absolute Gasteiger partial charge is 0.471 e. The molecule has 0 aliphatic carbocycles. The van der Waals surface area contributed by atoms with Crippen molar-refractivity contribution >= 4 is 0 Å². The molecule has 4 nitrogen and oxygen atoms in total. The second-order valence-electron chi connectivity index (χ2n) is 4.65. The molecular formula is C14H15N3O. The van der Waals surface area contributed by atoms with E-state index >= 15 is 0 Å². The normalized spacial score (nSPS) is 25.6. The van der Waals surface area contributed by atoms with E-state index in [1.54, 1.807) is 12.4 Å². The molecule has 0 amide bonds. The van der Waals surface area contributed by atoms with E-state index in [0.717, 1.165) is 16.7 Å². The zero-order valence-corrected chi connectivity index (χ0v) is 10.1. The van der Waals surface area contributed by atoms with Crippen LogP contribution in [-0.4, -0.2) is 11.2 Å². The van der Waals surface area contributed by atoms with Gasteiger partial charge < -0.3 is 10.5 Å². The van der Waals surface area contributed by atoms with E-state index in [9.17, 15) is 0 Å². The van der Waals surface area contributed by atoms with E-state index in [4.69, 9.17) is 16.2 Å². The lowest BCUT2D eigenvalue weighted by molar-refractivity contribution is 0.177. The number of nitrogens with two attached hydrogens (primary N) is 2. The predicted molar refractivity (Wildman–Crippen MR) is 69.0 cm³/mol. The Morgan fingerprint density at radius 2 is 2.17 bits per heavy atom. The molecule has 0 saturated heterocycles. The molecule has 18 heavy (non-hydrogen) atoms. The SMILES string of the molecule is Cc1cccc(C2(N)c3ccncc3OC2N)c1. The van der Waals surface area contributed by atoms with Crippen molar-refractivity contribution in [2.45, 2.75) is 18.7 Å². The zero-order valence-electron chi connectivity index (χ0n) is 10.1. The molecule has 4 heteroatoms. The summed E-state index contributed by atoms with van der Waals surface area (Å²) in [7, 11) is 0. The third kappa shape index (κ3) is 1.43. The van der Waals surface area contributed by atoms with Gasteiger partial charge in [0.05, 0.1) is 6.20 Å². The van der Waals surface area contributed by atoms with Gasteiger partial charge in [-0.25, -0.2) is 0 Å². The van der Waals surface area contributed by atoms with Crippen LogP contribution in [0, 0.1) is 6.92 Å². The van der Waals surface area contributed by atoms with Gasteiger partial charge in [-0.1, -0.05) is 29.8 Å². The van der Waals surface area contributed by atoms with Gasteiger partial charge in [0.2, 0.25) is 0 Å². The van der Waals surface area contributed by atoms with Gasteiger partial charge in [-0.05, 0) is 18.6 Å². The molecule has 2 atom stereocenters. The van der Waals surface area contributed by atoms with Gasteiger partial charge in [0, 0.05) is 11.8 Å². The first kappa shape index (κ1) is 11.2. The van der Waals surface area contributed by atoms with Crippen molar-refractivity contribution in [1.82, 2.24) is 4.98 Å². The number of hydrogen-bond acceptors (Lipinski definition) is 4. The summed E-state index contributed by atoms with van der Waals surface area (Å²) in [6, 6.07) is 9.89. The smallest absolute Gasteiger partial charge is 0.174 e. The molecule has 4 N–H and O–H groups in total. The molecule has 1 aromatic heterocycles. The number of aromatic nitrogens is 1.